The zero-order valence-corrected chi connectivity index (χ0v) is 14.3. The van der Waals surface area contributed by atoms with Crippen LogP contribution in [0.5, 0.6) is 5.75 Å². The van der Waals surface area contributed by atoms with Crippen LogP contribution in [-0.2, 0) is 4.74 Å². The molecule has 1 amide bonds. The molecule has 5 nitrogen and oxygen atoms in total. The van der Waals surface area contributed by atoms with Gasteiger partial charge in [0.05, 0.1) is 5.69 Å². The Morgan fingerprint density at radius 3 is 2.80 bits per heavy atom. The second-order valence-electron chi connectivity index (χ2n) is 6.23. The average molecular weight is 344 g/mol. The van der Waals surface area contributed by atoms with Crippen LogP contribution >= 0.6 is 0 Å². The summed E-state index contributed by atoms with van der Waals surface area (Å²) in [5.74, 6) is -0.343. The number of benzene rings is 2. The van der Waals surface area contributed by atoms with Crippen molar-refractivity contribution in [2.24, 2.45) is 0 Å². The number of likely N-dealkylation sites (tertiary alicyclic amines) is 1. The minimum atomic E-state index is -0.494. The smallest absolute Gasteiger partial charge is 0.415 e. The Balaban J connectivity index is 1.89. The van der Waals surface area contributed by atoms with Crippen LogP contribution < -0.4 is 4.90 Å². The molecule has 1 N–H and O–H groups in total. The van der Waals surface area contributed by atoms with Crippen LogP contribution in [0.25, 0.3) is 11.1 Å². The largest absolute Gasteiger partial charge is 0.508 e. The van der Waals surface area contributed by atoms with Crippen molar-refractivity contribution in [2.45, 2.75) is 19.1 Å². The number of ether oxygens (including phenoxy) is 1. The van der Waals surface area contributed by atoms with Gasteiger partial charge in [0.2, 0.25) is 0 Å². The predicted octanol–water partition coefficient (Wildman–Crippen LogP) is 3.82. The fourth-order valence-corrected chi connectivity index (χ4v) is 3.03. The standard InChI is InChI=1S/C19H21FN2O3/c1-21-10-4-7-18(21)25-19(24)22(2)17-9-8-14(20)12-16(17)13-5-3-6-15(23)11-13/h3,5-6,8-9,11-12,18,23H,4,7,10H2,1-2H3/t18-/m0/s1. The number of anilines is 1. The van der Waals surface area contributed by atoms with Gasteiger partial charge in [-0.1, -0.05) is 12.1 Å². The first kappa shape index (κ1) is 17.2. The summed E-state index contributed by atoms with van der Waals surface area (Å²) in [7, 11) is 3.51. The topological polar surface area (TPSA) is 53.0 Å². The molecule has 1 aliphatic heterocycles. The van der Waals surface area contributed by atoms with Crippen molar-refractivity contribution >= 4 is 11.8 Å². The lowest BCUT2D eigenvalue weighted by Gasteiger charge is -2.25. The highest BCUT2D eigenvalue weighted by Crippen LogP contribution is 2.33. The van der Waals surface area contributed by atoms with Crippen molar-refractivity contribution < 1.29 is 19.0 Å². The number of phenols is 1. The van der Waals surface area contributed by atoms with Gasteiger partial charge in [0.1, 0.15) is 11.6 Å². The second-order valence-corrected chi connectivity index (χ2v) is 6.23. The first-order valence-electron chi connectivity index (χ1n) is 8.19. The fourth-order valence-electron chi connectivity index (χ4n) is 3.03. The van der Waals surface area contributed by atoms with Gasteiger partial charge in [-0.3, -0.25) is 9.80 Å². The normalized spacial score (nSPS) is 17.5. The molecule has 1 heterocycles. The molecule has 0 aromatic heterocycles. The van der Waals surface area contributed by atoms with Gasteiger partial charge in [-0.15, -0.1) is 0 Å². The molecule has 0 bridgehead atoms. The van der Waals surface area contributed by atoms with E-state index >= 15 is 0 Å². The maximum Gasteiger partial charge on any atom is 0.415 e. The van der Waals surface area contributed by atoms with E-state index in [-0.39, 0.29) is 12.0 Å². The van der Waals surface area contributed by atoms with Gasteiger partial charge < -0.3 is 9.84 Å². The highest BCUT2D eigenvalue weighted by Gasteiger charge is 2.27. The number of carbonyl (C=O) groups excluding carboxylic acids is 1. The molecule has 6 heteroatoms. The van der Waals surface area contributed by atoms with Crippen molar-refractivity contribution in [3.8, 4) is 16.9 Å². The van der Waals surface area contributed by atoms with Crippen molar-refractivity contribution in [1.29, 1.82) is 0 Å². The monoisotopic (exact) mass is 344 g/mol. The van der Waals surface area contributed by atoms with Gasteiger partial charge in [0.25, 0.3) is 0 Å². The number of amides is 1. The van der Waals surface area contributed by atoms with Crippen LogP contribution in [0, 0.1) is 5.82 Å². The van der Waals surface area contributed by atoms with Crippen LogP contribution in [0.4, 0.5) is 14.9 Å². The number of carbonyl (C=O) groups is 1. The summed E-state index contributed by atoms with van der Waals surface area (Å²) in [6, 6.07) is 10.7. The van der Waals surface area contributed by atoms with E-state index in [4.69, 9.17) is 4.74 Å². The Kier molecular flexibility index (Phi) is 4.90. The lowest BCUT2D eigenvalue weighted by molar-refractivity contribution is 0.0315. The molecule has 1 saturated heterocycles. The zero-order valence-electron chi connectivity index (χ0n) is 14.3. The average Bonchev–Trinajstić information content (AvgIpc) is 2.99. The Bertz CT molecular complexity index is 781. The minimum absolute atomic E-state index is 0.0746. The number of rotatable bonds is 3. The van der Waals surface area contributed by atoms with Crippen molar-refractivity contribution in [3.63, 3.8) is 0 Å². The van der Waals surface area contributed by atoms with Crippen LogP contribution in [0.15, 0.2) is 42.5 Å². The van der Waals surface area contributed by atoms with E-state index in [9.17, 15) is 14.3 Å². The maximum absolute atomic E-state index is 13.8. The highest BCUT2D eigenvalue weighted by atomic mass is 19.1. The quantitative estimate of drug-likeness (QED) is 0.920. The van der Waals surface area contributed by atoms with Gasteiger partial charge in [-0.2, -0.15) is 0 Å². The maximum atomic E-state index is 13.8. The molecule has 1 aliphatic rings. The second kappa shape index (κ2) is 7.11. The number of halogens is 1. The fraction of sp³-hybridized carbons (Fsp3) is 0.316. The molecule has 3 rings (SSSR count). The molecule has 25 heavy (non-hydrogen) atoms. The van der Waals surface area contributed by atoms with Crippen LogP contribution in [0.2, 0.25) is 0 Å². The van der Waals surface area contributed by atoms with E-state index in [2.05, 4.69) is 0 Å². The molecule has 1 fully saturated rings. The van der Waals surface area contributed by atoms with E-state index in [1.165, 1.54) is 35.2 Å². The predicted molar refractivity (Wildman–Crippen MR) is 94.0 cm³/mol. The number of nitrogens with zero attached hydrogens (tertiary/aromatic N) is 2. The van der Waals surface area contributed by atoms with E-state index < -0.39 is 11.9 Å². The van der Waals surface area contributed by atoms with E-state index in [1.807, 2.05) is 11.9 Å². The first-order valence-corrected chi connectivity index (χ1v) is 8.19. The summed E-state index contributed by atoms with van der Waals surface area (Å²) in [6.45, 7) is 0.896. The third-order valence-electron chi connectivity index (χ3n) is 4.44. The first-order chi connectivity index (χ1) is 12.0. The highest BCUT2D eigenvalue weighted by molar-refractivity contribution is 5.93. The molecule has 0 spiro atoms. The van der Waals surface area contributed by atoms with E-state index in [1.54, 1.807) is 19.2 Å². The van der Waals surface area contributed by atoms with Gasteiger partial charge in [-0.25, -0.2) is 9.18 Å². The lowest BCUT2D eigenvalue weighted by Crippen LogP contribution is -2.36. The molecule has 0 radical (unpaired) electrons. The Labute approximate surface area is 146 Å². The van der Waals surface area contributed by atoms with Gasteiger partial charge in [0, 0.05) is 19.2 Å². The van der Waals surface area contributed by atoms with Gasteiger partial charge in [0.15, 0.2) is 6.23 Å². The summed E-state index contributed by atoms with van der Waals surface area (Å²) in [4.78, 5) is 15.9. The third kappa shape index (κ3) is 3.74. The summed E-state index contributed by atoms with van der Waals surface area (Å²) in [5, 5.41) is 9.70. The summed E-state index contributed by atoms with van der Waals surface area (Å²) >= 11 is 0. The Hall–Kier alpha value is -2.60. The lowest BCUT2D eigenvalue weighted by atomic mass is 10.0. The van der Waals surface area contributed by atoms with Crippen molar-refractivity contribution in [1.82, 2.24) is 4.90 Å². The minimum Gasteiger partial charge on any atom is -0.508 e. The van der Waals surface area contributed by atoms with Crippen LogP contribution in [-0.4, -0.2) is 43.0 Å². The molecule has 0 unspecified atom stereocenters. The van der Waals surface area contributed by atoms with Crippen LogP contribution in [0.3, 0.4) is 0 Å². The Morgan fingerprint density at radius 1 is 1.32 bits per heavy atom. The third-order valence-corrected chi connectivity index (χ3v) is 4.44. The van der Waals surface area contributed by atoms with E-state index in [0.29, 0.717) is 16.8 Å². The SMILES string of the molecule is CN(C(=O)O[C@H]1CCCN1C)c1ccc(F)cc1-c1cccc(O)c1. The van der Waals surface area contributed by atoms with Crippen molar-refractivity contribution in [2.75, 3.05) is 25.5 Å². The molecular weight excluding hydrogens is 323 g/mol. The molecule has 132 valence electrons. The van der Waals surface area contributed by atoms with E-state index in [0.717, 1.165) is 19.4 Å². The summed E-state index contributed by atoms with van der Waals surface area (Å²) in [6.07, 6.45) is 1.06. The van der Waals surface area contributed by atoms with Gasteiger partial charge in [-0.05, 0) is 55.8 Å². The molecular formula is C19H21FN2O3. The number of aromatic hydroxyl groups is 1. The number of hydrogen-bond acceptors (Lipinski definition) is 4. The van der Waals surface area contributed by atoms with Gasteiger partial charge >= 0.3 is 6.09 Å². The summed E-state index contributed by atoms with van der Waals surface area (Å²) < 4.78 is 19.3. The molecule has 2 aromatic rings. The summed E-state index contributed by atoms with van der Waals surface area (Å²) in [5.41, 5.74) is 1.64. The molecule has 2 aromatic carbocycles. The number of phenolic OH excluding ortho intramolecular Hbond substituents is 1. The molecule has 0 saturated carbocycles. The zero-order chi connectivity index (χ0) is 18.0. The van der Waals surface area contributed by atoms with Crippen molar-refractivity contribution in [3.05, 3.63) is 48.3 Å². The van der Waals surface area contributed by atoms with Crippen LogP contribution in [0.1, 0.15) is 12.8 Å². The molecule has 0 aliphatic carbocycles. The molecule has 1 atom stereocenters. The Morgan fingerprint density at radius 2 is 2.12 bits per heavy atom. The number of hydrogen-bond donors (Lipinski definition) is 1.